The molecule has 0 spiro atoms. The highest BCUT2D eigenvalue weighted by atomic mass is 79.9. The molecule has 0 bridgehead atoms. The van der Waals surface area contributed by atoms with Crippen molar-refractivity contribution in [3.8, 4) is 0 Å². The number of ether oxygens (including phenoxy) is 1. The summed E-state index contributed by atoms with van der Waals surface area (Å²) in [5.74, 6) is 0.148. The quantitative estimate of drug-likeness (QED) is 0.391. The zero-order valence-corrected chi connectivity index (χ0v) is 22.6. The largest absolute Gasteiger partial charge is 0.444 e. The van der Waals surface area contributed by atoms with Crippen LogP contribution in [0.5, 0.6) is 0 Å². The fourth-order valence-electron chi connectivity index (χ4n) is 3.97. The Kier molecular flexibility index (Phi) is 6.97. The molecule has 35 heavy (non-hydrogen) atoms. The molecule has 0 N–H and O–H groups in total. The minimum Gasteiger partial charge on any atom is -0.444 e. The Morgan fingerprint density at radius 1 is 1.20 bits per heavy atom. The summed E-state index contributed by atoms with van der Waals surface area (Å²) in [6.45, 7) is 5.38. The molecular formula is C25H27BrN4O4S. The average molecular weight is 559 g/mol. The van der Waals surface area contributed by atoms with Crippen LogP contribution in [0.4, 0.5) is 9.59 Å². The fraction of sp³-hybridized carbons (Fsp3) is 0.360. The predicted octanol–water partition coefficient (Wildman–Crippen LogP) is 5.56. The number of Topliss-reactive ketones (excluding diaryl/α,β-unsaturated/α-hetero) is 1. The number of benzene rings is 1. The second-order valence-electron chi connectivity index (χ2n) is 9.49. The molecule has 0 saturated carbocycles. The highest BCUT2D eigenvalue weighted by Gasteiger charge is 2.45. The lowest BCUT2D eigenvalue weighted by molar-refractivity contribution is 0.0173. The van der Waals surface area contributed by atoms with E-state index >= 15 is 0 Å². The fourth-order valence-corrected chi connectivity index (χ4v) is 5.73. The molecule has 1 unspecified atom stereocenters. The van der Waals surface area contributed by atoms with Gasteiger partial charge in [0.1, 0.15) is 17.0 Å². The number of carbonyl (C=O) groups excluding carboxylic acids is 3. The Hall–Kier alpha value is -2.85. The number of hydrogen-bond acceptors (Lipinski definition) is 6. The number of ketones is 1. The van der Waals surface area contributed by atoms with Gasteiger partial charge in [-0.3, -0.25) is 19.2 Å². The molecule has 1 fully saturated rings. The molecule has 3 heterocycles. The minimum absolute atomic E-state index is 0.243. The second kappa shape index (κ2) is 9.66. The Morgan fingerprint density at radius 2 is 1.94 bits per heavy atom. The van der Waals surface area contributed by atoms with Crippen LogP contribution in [0.15, 0.2) is 53.4 Å². The smallest absolute Gasteiger partial charge is 0.412 e. The number of amides is 2. The van der Waals surface area contributed by atoms with Crippen LogP contribution in [0.25, 0.3) is 10.9 Å². The van der Waals surface area contributed by atoms with Crippen molar-refractivity contribution < 1.29 is 19.1 Å². The Bertz CT molecular complexity index is 1290. The second-order valence-corrected chi connectivity index (χ2v) is 11.5. The van der Waals surface area contributed by atoms with Gasteiger partial charge in [0.15, 0.2) is 5.78 Å². The Balaban J connectivity index is 1.78. The van der Waals surface area contributed by atoms with Crippen LogP contribution >= 0.6 is 27.7 Å². The first kappa shape index (κ1) is 25.2. The summed E-state index contributed by atoms with van der Waals surface area (Å²) in [4.78, 5) is 47.3. The van der Waals surface area contributed by atoms with Gasteiger partial charge >= 0.3 is 12.1 Å². The molecule has 2 amide bonds. The van der Waals surface area contributed by atoms with Crippen molar-refractivity contribution in [3.05, 3.63) is 64.5 Å². The van der Waals surface area contributed by atoms with E-state index in [1.54, 1.807) is 65.6 Å². The third-order valence-corrected chi connectivity index (χ3v) is 7.32. The van der Waals surface area contributed by atoms with E-state index in [0.29, 0.717) is 22.2 Å². The van der Waals surface area contributed by atoms with Gasteiger partial charge in [-0.1, -0.05) is 28.1 Å². The molecule has 1 aliphatic rings. The zero-order valence-electron chi connectivity index (χ0n) is 20.2. The van der Waals surface area contributed by atoms with Crippen molar-refractivity contribution in [1.29, 1.82) is 0 Å². The van der Waals surface area contributed by atoms with Crippen LogP contribution in [0.2, 0.25) is 0 Å². The number of nitrogens with zero attached hydrogens (tertiary/aromatic N) is 4. The predicted molar refractivity (Wildman–Crippen MR) is 140 cm³/mol. The van der Waals surface area contributed by atoms with Gasteiger partial charge in [0.25, 0.3) is 0 Å². The lowest BCUT2D eigenvalue weighted by Crippen LogP contribution is -2.45. The van der Waals surface area contributed by atoms with E-state index in [1.807, 2.05) is 18.2 Å². The first-order valence-corrected chi connectivity index (χ1v) is 12.9. The Morgan fingerprint density at radius 3 is 2.57 bits per heavy atom. The van der Waals surface area contributed by atoms with E-state index in [0.717, 1.165) is 10.0 Å². The topological polar surface area (TPSA) is 84.7 Å². The van der Waals surface area contributed by atoms with Crippen LogP contribution in [0.1, 0.15) is 42.1 Å². The molecule has 1 saturated heterocycles. The van der Waals surface area contributed by atoms with Gasteiger partial charge in [-0.2, -0.15) is 0 Å². The average Bonchev–Trinajstić information content (AvgIpc) is 3.39. The SMILES string of the molecule is CN(C)C(=O)n1cc(C(=O)[C@@H]2CSC(c3cccnc3)N2C(=O)OC(C)(C)C)c2ccc(Br)cc21. The molecule has 2 atom stereocenters. The van der Waals surface area contributed by atoms with E-state index in [-0.39, 0.29) is 11.8 Å². The van der Waals surface area contributed by atoms with Crippen LogP contribution < -0.4 is 0 Å². The van der Waals surface area contributed by atoms with Crippen molar-refractivity contribution in [3.63, 3.8) is 0 Å². The summed E-state index contributed by atoms with van der Waals surface area (Å²) in [6.07, 6.45) is 4.36. The third kappa shape index (κ3) is 5.08. The first-order chi connectivity index (χ1) is 16.5. The molecular weight excluding hydrogens is 532 g/mol. The molecule has 0 radical (unpaired) electrons. The van der Waals surface area contributed by atoms with Gasteiger partial charge < -0.3 is 9.64 Å². The summed E-state index contributed by atoms with van der Waals surface area (Å²) in [7, 11) is 3.31. The number of carbonyl (C=O) groups is 3. The molecule has 1 aliphatic heterocycles. The molecule has 4 rings (SSSR count). The monoisotopic (exact) mass is 558 g/mol. The van der Waals surface area contributed by atoms with Gasteiger partial charge in [-0.15, -0.1) is 11.8 Å². The van der Waals surface area contributed by atoms with E-state index in [9.17, 15) is 14.4 Å². The number of pyridine rings is 1. The molecule has 2 aromatic heterocycles. The maximum atomic E-state index is 14.0. The van der Waals surface area contributed by atoms with Gasteiger partial charge in [0.2, 0.25) is 0 Å². The maximum Gasteiger partial charge on any atom is 0.412 e. The maximum absolute atomic E-state index is 14.0. The summed E-state index contributed by atoms with van der Waals surface area (Å²) in [5, 5.41) is 0.228. The zero-order chi connectivity index (χ0) is 25.5. The minimum atomic E-state index is -0.766. The molecule has 10 heteroatoms. The lowest BCUT2D eigenvalue weighted by Gasteiger charge is -2.31. The molecule has 1 aromatic carbocycles. The molecule has 8 nitrogen and oxygen atoms in total. The number of hydrogen-bond donors (Lipinski definition) is 0. The van der Waals surface area contributed by atoms with Crippen LogP contribution in [-0.2, 0) is 4.74 Å². The van der Waals surface area contributed by atoms with E-state index < -0.39 is 23.1 Å². The van der Waals surface area contributed by atoms with Gasteiger partial charge in [0.05, 0.1) is 5.52 Å². The highest BCUT2D eigenvalue weighted by molar-refractivity contribution is 9.10. The van der Waals surface area contributed by atoms with Gasteiger partial charge in [0, 0.05) is 59.4 Å². The number of thioether (sulfide) groups is 1. The summed E-state index contributed by atoms with van der Waals surface area (Å²) < 4.78 is 7.95. The van der Waals surface area contributed by atoms with Crippen LogP contribution in [0.3, 0.4) is 0 Å². The molecule has 3 aromatic rings. The summed E-state index contributed by atoms with van der Waals surface area (Å²) in [6, 6.07) is 8.09. The van der Waals surface area contributed by atoms with E-state index in [2.05, 4.69) is 20.9 Å². The van der Waals surface area contributed by atoms with Crippen molar-refractivity contribution >= 4 is 56.5 Å². The summed E-state index contributed by atoms with van der Waals surface area (Å²) in [5.41, 5.74) is 1.08. The normalized spacial score (nSPS) is 18.1. The third-order valence-electron chi connectivity index (χ3n) is 5.50. The Labute approximate surface area is 216 Å². The molecule has 184 valence electrons. The van der Waals surface area contributed by atoms with Crippen molar-refractivity contribution in [2.75, 3.05) is 19.8 Å². The summed E-state index contributed by atoms with van der Waals surface area (Å²) >= 11 is 4.94. The van der Waals surface area contributed by atoms with Crippen LogP contribution in [0, 0.1) is 0 Å². The van der Waals surface area contributed by atoms with Gasteiger partial charge in [-0.25, -0.2) is 9.59 Å². The van der Waals surface area contributed by atoms with Crippen LogP contribution in [-0.4, -0.2) is 68.7 Å². The lowest BCUT2D eigenvalue weighted by atomic mass is 10.0. The highest BCUT2D eigenvalue weighted by Crippen LogP contribution is 2.43. The van der Waals surface area contributed by atoms with E-state index in [4.69, 9.17) is 4.74 Å². The van der Waals surface area contributed by atoms with Crippen molar-refractivity contribution in [2.24, 2.45) is 0 Å². The number of halogens is 1. The number of rotatable bonds is 3. The standard InChI is InChI=1S/C25H27BrN4O4S/c1-25(2,3)34-24(33)30-20(14-35-22(30)15-7-6-10-27-12-15)21(31)18-13-29(23(32)28(4)5)19-11-16(26)8-9-17(18)19/h6-13,20,22H,14H2,1-5H3/t20-,22?/m0/s1. The van der Waals surface area contributed by atoms with E-state index in [1.165, 1.54) is 26.1 Å². The number of aromatic nitrogens is 2. The first-order valence-electron chi connectivity index (χ1n) is 11.1. The number of fused-ring (bicyclic) bond motifs is 1. The van der Waals surface area contributed by atoms with Gasteiger partial charge in [-0.05, 0) is 39.0 Å². The van der Waals surface area contributed by atoms with Crippen molar-refractivity contribution in [2.45, 2.75) is 37.8 Å². The van der Waals surface area contributed by atoms with Crippen molar-refractivity contribution in [1.82, 2.24) is 19.4 Å². The molecule has 0 aliphatic carbocycles.